The van der Waals surface area contributed by atoms with Gasteiger partial charge < -0.3 is 10.2 Å². The summed E-state index contributed by atoms with van der Waals surface area (Å²) in [5, 5.41) is 14.1. The third-order valence-electron chi connectivity index (χ3n) is 3.79. The molecule has 9 heteroatoms. The predicted molar refractivity (Wildman–Crippen MR) is 96.9 cm³/mol. The quantitative estimate of drug-likeness (QED) is 0.520. The van der Waals surface area contributed by atoms with Crippen LogP contribution < -0.4 is 10.2 Å². The molecule has 3 rings (SSSR count). The molecule has 0 saturated heterocycles. The Kier molecular flexibility index (Phi) is 5.20. The van der Waals surface area contributed by atoms with Crippen molar-refractivity contribution in [2.24, 2.45) is 0 Å². The van der Waals surface area contributed by atoms with E-state index in [0.29, 0.717) is 6.54 Å². The summed E-state index contributed by atoms with van der Waals surface area (Å²) >= 11 is 0. The van der Waals surface area contributed by atoms with Crippen LogP contribution in [-0.4, -0.2) is 21.9 Å². The molecule has 27 heavy (non-hydrogen) atoms. The van der Waals surface area contributed by atoms with Crippen molar-refractivity contribution >= 4 is 23.0 Å². The normalized spacial score (nSPS) is 10.5. The van der Waals surface area contributed by atoms with Gasteiger partial charge in [0.25, 0.3) is 0 Å². The zero-order valence-corrected chi connectivity index (χ0v) is 14.3. The fourth-order valence-electron chi connectivity index (χ4n) is 2.56. The molecule has 3 aromatic rings. The molecule has 0 radical (unpaired) electrons. The van der Waals surface area contributed by atoms with Crippen LogP contribution in [0.5, 0.6) is 0 Å². The first kappa shape index (κ1) is 18.2. The summed E-state index contributed by atoms with van der Waals surface area (Å²) in [4.78, 5) is 20.4. The van der Waals surface area contributed by atoms with Crippen LogP contribution >= 0.6 is 0 Å². The third kappa shape index (κ3) is 4.14. The number of hydrogen-bond acceptors (Lipinski definition) is 6. The summed E-state index contributed by atoms with van der Waals surface area (Å²) < 4.78 is 27.3. The molecule has 0 spiro atoms. The molecule has 1 aromatic heterocycles. The van der Waals surface area contributed by atoms with E-state index in [0.717, 1.165) is 30.1 Å². The lowest BCUT2D eigenvalue weighted by Crippen LogP contribution is -2.20. The number of nitro groups is 1. The molecule has 7 nitrogen and oxygen atoms in total. The summed E-state index contributed by atoms with van der Waals surface area (Å²) in [5.41, 5.74) is 0.242. The van der Waals surface area contributed by atoms with Crippen LogP contribution in [-0.2, 0) is 6.54 Å². The fraction of sp³-hybridized carbons (Fsp3) is 0.111. The van der Waals surface area contributed by atoms with Gasteiger partial charge in [-0.25, -0.2) is 18.7 Å². The molecule has 0 aliphatic rings. The number of nitrogens with one attached hydrogen (secondary N) is 1. The van der Waals surface area contributed by atoms with E-state index >= 15 is 0 Å². The van der Waals surface area contributed by atoms with Gasteiger partial charge in [0.15, 0.2) is 0 Å². The minimum absolute atomic E-state index is 0.0539. The number of aromatic nitrogens is 2. The molecule has 0 unspecified atom stereocenters. The monoisotopic (exact) mass is 371 g/mol. The van der Waals surface area contributed by atoms with E-state index in [1.165, 1.54) is 0 Å². The van der Waals surface area contributed by atoms with E-state index < -0.39 is 22.2 Å². The van der Waals surface area contributed by atoms with E-state index in [1.54, 1.807) is 11.9 Å². The summed E-state index contributed by atoms with van der Waals surface area (Å²) in [6.45, 7) is 0.368. The second kappa shape index (κ2) is 7.73. The fourth-order valence-corrected chi connectivity index (χ4v) is 2.56. The topological polar surface area (TPSA) is 84.2 Å². The van der Waals surface area contributed by atoms with Gasteiger partial charge in [0, 0.05) is 19.7 Å². The lowest BCUT2D eigenvalue weighted by Gasteiger charge is -2.19. The van der Waals surface area contributed by atoms with E-state index in [1.807, 2.05) is 30.3 Å². The molecule has 0 fully saturated rings. The number of hydrogen-bond donors (Lipinski definition) is 1. The average Bonchev–Trinajstić information content (AvgIpc) is 2.65. The Bertz CT molecular complexity index is 969. The Balaban J connectivity index is 1.97. The predicted octanol–water partition coefficient (Wildman–Crippen LogP) is 4.04. The first-order chi connectivity index (χ1) is 13.0. The average molecular weight is 371 g/mol. The SMILES string of the molecule is CN(Cc1ccccc1)c1ncnc(Nc2cc(F)ccc2F)c1[N+](=O)[O-]. The van der Waals surface area contributed by atoms with Crippen LogP contribution in [0, 0.1) is 21.7 Å². The van der Waals surface area contributed by atoms with Crippen LogP contribution in [0.3, 0.4) is 0 Å². The number of halogens is 2. The van der Waals surface area contributed by atoms with Gasteiger partial charge in [-0.3, -0.25) is 10.1 Å². The van der Waals surface area contributed by atoms with Crippen LogP contribution in [0.2, 0.25) is 0 Å². The molecular weight excluding hydrogens is 356 g/mol. The standard InChI is InChI=1S/C18H15F2N5O2/c1-24(10-12-5-3-2-4-6-12)18-16(25(26)27)17(21-11-22-18)23-15-9-13(19)7-8-14(15)20/h2-9,11H,10H2,1H3,(H,21,22,23). The van der Waals surface area contributed by atoms with Gasteiger partial charge >= 0.3 is 5.69 Å². The molecule has 0 atom stereocenters. The molecule has 1 N–H and O–H groups in total. The molecule has 0 bridgehead atoms. The second-order valence-electron chi connectivity index (χ2n) is 5.74. The Labute approximate surface area is 153 Å². The van der Waals surface area contributed by atoms with E-state index in [-0.39, 0.29) is 17.3 Å². The zero-order chi connectivity index (χ0) is 19.4. The van der Waals surface area contributed by atoms with Gasteiger partial charge in [-0.2, -0.15) is 0 Å². The van der Waals surface area contributed by atoms with Gasteiger partial charge in [-0.15, -0.1) is 0 Å². The summed E-state index contributed by atoms with van der Waals surface area (Å²) in [7, 11) is 1.65. The van der Waals surface area contributed by atoms with Crippen molar-refractivity contribution in [2.75, 3.05) is 17.3 Å². The van der Waals surface area contributed by atoms with Crippen molar-refractivity contribution in [1.29, 1.82) is 0 Å². The Morgan fingerprint density at radius 1 is 1.15 bits per heavy atom. The molecular formula is C18H15F2N5O2. The summed E-state index contributed by atoms with van der Waals surface area (Å²) in [6.07, 6.45) is 1.13. The number of anilines is 3. The number of benzene rings is 2. The first-order valence-electron chi connectivity index (χ1n) is 7.92. The molecule has 1 heterocycles. The maximum absolute atomic E-state index is 13.9. The molecule has 138 valence electrons. The van der Waals surface area contributed by atoms with Gasteiger partial charge in [-0.05, 0) is 17.7 Å². The smallest absolute Gasteiger partial charge is 0.349 e. The Morgan fingerprint density at radius 3 is 2.59 bits per heavy atom. The highest BCUT2D eigenvalue weighted by molar-refractivity contribution is 5.74. The van der Waals surface area contributed by atoms with Crippen molar-refractivity contribution in [2.45, 2.75) is 6.54 Å². The van der Waals surface area contributed by atoms with Crippen LogP contribution in [0.1, 0.15) is 5.56 Å². The van der Waals surface area contributed by atoms with Crippen molar-refractivity contribution in [1.82, 2.24) is 9.97 Å². The highest BCUT2D eigenvalue weighted by Gasteiger charge is 2.26. The van der Waals surface area contributed by atoms with Crippen LogP contribution in [0.4, 0.5) is 31.8 Å². The summed E-state index contributed by atoms with van der Waals surface area (Å²) in [5.74, 6) is -1.62. The highest BCUT2D eigenvalue weighted by Crippen LogP contribution is 2.34. The van der Waals surface area contributed by atoms with Crippen LogP contribution in [0.15, 0.2) is 54.9 Å². The van der Waals surface area contributed by atoms with Crippen molar-refractivity contribution in [3.8, 4) is 0 Å². The molecule has 0 aliphatic heterocycles. The molecule has 0 aliphatic carbocycles. The first-order valence-corrected chi connectivity index (χ1v) is 7.92. The minimum atomic E-state index is -0.761. The van der Waals surface area contributed by atoms with Crippen molar-refractivity contribution in [3.05, 3.63) is 82.2 Å². The maximum atomic E-state index is 13.9. The minimum Gasteiger partial charge on any atom is -0.349 e. The van der Waals surface area contributed by atoms with E-state index in [9.17, 15) is 18.9 Å². The highest BCUT2D eigenvalue weighted by atomic mass is 19.1. The third-order valence-corrected chi connectivity index (χ3v) is 3.79. The van der Waals surface area contributed by atoms with Gasteiger partial charge in [0.2, 0.25) is 11.6 Å². The van der Waals surface area contributed by atoms with E-state index in [4.69, 9.17) is 0 Å². The second-order valence-corrected chi connectivity index (χ2v) is 5.74. The largest absolute Gasteiger partial charge is 0.353 e. The number of rotatable bonds is 6. The van der Waals surface area contributed by atoms with Crippen molar-refractivity contribution < 1.29 is 13.7 Å². The van der Waals surface area contributed by atoms with Gasteiger partial charge in [0.1, 0.15) is 18.0 Å². The van der Waals surface area contributed by atoms with Crippen LogP contribution in [0.25, 0.3) is 0 Å². The van der Waals surface area contributed by atoms with Gasteiger partial charge in [-0.1, -0.05) is 30.3 Å². The molecule has 0 saturated carbocycles. The van der Waals surface area contributed by atoms with Gasteiger partial charge in [0.05, 0.1) is 10.6 Å². The molecule has 0 amide bonds. The lowest BCUT2D eigenvalue weighted by molar-refractivity contribution is -0.383. The lowest BCUT2D eigenvalue weighted by atomic mass is 10.2. The van der Waals surface area contributed by atoms with E-state index in [2.05, 4.69) is 15.3 Å². The van der Waals surface area contributed by atoms with Crippen molar-refractivity contribution in [3.63, 3.8) is 0 Å². The Morgan fingerprint density at radius 2 is 1.89 bits per heavy atom. The Hall–Kier alpha value is -3.62. The zero-order valence-electron chi connectivity index (χ0n) is 14.3. The number of nitrogens with zero attached hydrogens (tertiary/aromatic N) is 4. The summed E-state index contributed by atoms with van der Waals surface area (Å²) in [6, 6.07) is 12.1. The molecule has 2 aromatic carbocycles. The maximum Gasteiger partial charge on any atom is 0.353 e.